The summed E-state index contributed by atoms with van der Waals surface area (Å²) in [5, 5.41) is 19.7. The average molecular weight is 570 g/mol. The molecule has 40 heavy (non-hydrogen) atoms. The van der Waals surface area contributed by atoms with Crippen molar-refractivity contribution in [2.75, 3.05) is 26.3 Å². The number of aromatic nitrogens is 2. The maximum atomic E-state index is 15.0. The molecule has 0 aliphatic carbocycles. The molecule has 5 rings (SSSR count). The Labute approximate surface area is 235 Å². The van der Waals surface area contributed by atoms with E-state index >= 15 is 4.39 Å². The topological polar surface area (TPSA) is 91.7 Å². The van der Waals surface area contributed by atoms with Crippen LogP contribution in [0.15, 0.2) is 57.9 Å². The van der Waals surface area contributed by atoms with Crippen molar-refractivity contribution in [3.63, 3.8) is 0 Å². The minimum Gasteiger partial charge on any atom is -0.440 e. The third kappa shape index (κ3) is 5.47. The Bertz CT molecular complexity index is 1570. The molecular formula is C30H30ClF2N3O4. The number of nitrogens with zero attached hydrogens (tertiary/aromatic N) is 3. The molecule has 3 heterocycles. The maximum Gasteiger partial charge on any atom is 0.255 e. The average Bonchev–Trinajstić information content (AvgIpc) is 3.35. The summed E-state index contributed by atoms with van der Waals surface area (Å²) in [6.07, 6.45) is 2.96. The van der Waals surface area contributed by atoms with Gasteiger partial charge in [0.05, 0.1) is 30.5 Å². The largest absolute Gasteiger partial charge is 0.440 e. The smallest absolute Gasteiger partial charge is 0.255 e. The predicted octanol–water partition coefficient (Wildman–Crippen LogP) is 5.24. The van der Waals surface area contributed by atoms with E-state index in [2.05, 4.69) is 0 Å². The summed E-state index contributed by atoms with van der Waals surface area (Å²) in [6, 6.07) is 9.54. The fraction of sp³-hybridized carbons (Fsp3) is 0.333. The van der Waals surface area contributed by atoms with Gasteiger partial charge in [-0.2, -0.15) is 0 Å². The van der Waals surface area contributed by atoms with E-state index in [1.54, 1.807) is 24.4 Å². The van der Waals surface area contributed by atoms with Gasteiger partial charge in [-0.15, -0.1) is 0 Å². The first-order valence-electron chi connectivity index (χ1n) is 13.1. The Kier molecular flexibility index (Phi) is 8.19. The molecule has 0 saturated carbocycles. The second-order valence-electron chi connectivity index (χ2n) is 10.2. The lowest BCUT2D eigenvalue weighted by Gasteiger charge is -2.35. The Morgan fingerprint density at radius 3 is 2.35 bits per heavy atom. The lowest BCUT2D eigenvalue weighted by molar-refractivity contribution is 0.0549. The van der Waals surface area contributed by atoms with Crippen molar-refractivity contribution in [2.24, 2.45) is 0 Å². The normalized spacial score (nSPS) is 14.8. The standard InChI is InChI=1S/C30H30ClF2N3O4/c1-17-11-21(31)12-18(2)28(17)36-14-20(3-6-26(36)39)27-29(24-5-4-22(32)13-25(24)33)40-30(34-27)19-7-9-35(10-8-19)23(15-37)16-38/h3-6,11-14,19,23,37-38H,7-10,15-16H2,1-2H3. The molecule has 0 spiro atoms. The van der Waals surface area contributed by atoms with E-state index in [1.165, 1.54) is 16.7 Å². The van der Waals surface area contributed by atoms with Crippen molar-refractivity contribution in [3.8, 4) is 28.3 Å². The van der Waals surface area contributed by atoms with Gasteiger partial charge in [-0.3, -0.25) is 14.3 Å². The highest BCUT2D eigenvalue weighted by molar-refractivity contribution is 6.30. The predicted molar refractivity (Wildman–Crippen MR) is 149 cm³/mol. The van der Waals surface area contributed by atoms with Gasteiger partial charge in [-0.25, -0.2) is 13.8 Å². The van der Waals surface area contributed by atoms with Crippen molar-refractivity contribution in [3.05, 3.63) is 92.7 Å². The lowest BCUT2D eigenvalue weighted by Crippen LogP contribution is -2.44. The number of rotatable bonds is 7. The van der Waals surface area contributed by atoms with E-state index in [0.29, 0.717) is 53.8 Å². The third-order valence-corrected chi connectivity index (χ3v) is 7.74. The van der Waals surface area contributed by atoms with Gasteiger partial charge in [0.2, 0.25) is 0 Å². The summed E-state index contributed by atoms with van der Waals surface area (Å²) >= 11 is 6.21. The number of oxazole rings is 1. The van der Waals surface area contributed by atoms with Crippen molar-refractivity contribution in [1.82, 2.24) is 14.5 Å². The van der Waals surface area contributed by atoms with Crippen LogP contribution in [0.25, 0.3) is 28.3 Å². The summed E-state index contributed by atoms with van der Waals surface area (Å²) in [7, 11) is 0. The highest BCUT2D eigenvalue weighted by atomic mass is 35.5. The van der Waals surface area contributed by atoms with Crippen LogP contribution in [0.3, 0.4) is 0 Å². The number of aliphatic hydroxyl groups is 2. The van der Waals surface area contributed by atoms with E-state index in [-0.39, 0.29) is 42.1 Å². The fourth-order valence-electron chi connectivity index (χ4n) is 5.45. The van der Waals surface area contributed by atoms with Gasteiger partial charge in [0.25, 0.3) is 5.56 Å². The van der Waals surface area contributed by atoms with Gasteiger partial charge < -0.3 is 14.6 Å². The van der Waals surface area contributed by atoms with Crippen LogP contribution in [0.1, 0.15) is 35.8 Å². The number of aryl methyl sites for hydroxylation is 2. The minimum absolute atomic E-state index is 0.0600. The summed E-state index contributed by atoms with van der Waals surface area (Å²) in [5.41, 5.74) is 2.97. The van der Waals surface area contributed by atoms with Gasteiger partial charge in [-0.05, 0) is 81.2 Å². The van der Waals surface area contributed by atoms with Crippen LogP contribution in [0.2, 0.25) is 5.02 Å². The molecule has 4 aromatic rings. The van der Waals surface area contributed by atoms with Crippen LogP contribution in [-0.2, 0) is 0 Å². The SMILES string of the molecule is Cc1cc(Cl)cc(C)c1-n1cc(-c2nc(C3CCN(C(CO)CO)CC3)oc2-c2ccc(F)cc2F)ccc1=O. The molecular weight excluding hydrogens is 540 g/mol. The first-order valence-corrected chi connectivity index (χ1v) is 13.5. The summed E-state index contributed by atoms with van der Waals surface area (Å²) in [4.78, 5) is 19.8. The summed E-state index contributed by atoms with van der Waals surface area (Å²) in [6.45, 7) is 4.70. The van der Waals surface area contributed by atoms with Crippen molar-refractivity contribution >= 4 is 11.6 Å². The number of pyridine rings is 1. The number of halogens is 3. The van der Waals surface area contributed by atoms with E-state index in [9.17, 15) is 19.4 Å². The van der Waals surface area contributed by atoms with Crippen LogP contribution in [0.4, 0.5) is 8.78 Å². The Morgan fingerprint density at radius 1 is 1.05 bits per heavy atom. The quantitative estimate of drug-likeness (QED) is 0.316. The van der Waals surface area contributed by atoms with Crippen molar-refractivity contribution < 1.29 is 23.4 Å². The number of likely N-dealkylation sites (tertiary alicyclic amines) is 1. The molecule has 2 aromatic carbocycles. The molecule has 10 heteroatoms. The van der Waals surface area contributed by atoms with Crippen LogP contribution < -0.4 is 5.56 Å². The molecule has 2 aromatic heterocycles. The number of hydrogen-bond acceptors (Lipinski definition) is 6. The molecule has 0 amide bonds. The number of aliphatic hydroxyl groups excluding tert-OH is 2. The fourth-order valence-corrected chi connectivity index (χ4v) is 5.78. The van der Waals surface area contributed by atoms with Gasteiger partial charge in [-0.1, -0.05) is 11.6 Å². The molecule has 0 unspecified atom stereocenters. The highest BCUT2D eigenvalue weighted by Gasteiger charge is 2.30. The number of benzene rings is 2. The molecule has 210 valence electrons. The molecule has 1 aliphatic heterocycles. The zero-order valence-corrected chi connectivity index (χ0v) is 23.0. The molecule has 2 N–H and O–H groups in total. The van der Waals surface area contributed by atoms with Gasteiger partial charge in [0.15, 0.2) is 11.7 Å². The van der Waals surface area contributed by atoms with E-state index in [0.717, 1.165) is 23.3 Å². The van der Waals surface area contributed by atoms with E-state index in [4.69, 9.17) is 21.0 Å². The highest BCUT2D eigenvalue weighted by Crippen LogP contribution is 2.39. The minimum atomic E-state index is -0.787. The summed E-state index contributed by atoms with van der Waals surface area (Å²) in [5.74, 6) is -1.02. The van der Waals surface area contributed by atoms with Crippen LogP contribution in [-0.4, -0.2) is 57.0 Å². The second kappa shape index (κ2) is 11.6. The van der Waals surface area contributed by atoms with Crippen LogP contribution in [0, 0.1) is 25.5 Å². The molecule has 0 bridgehead atoms. The molecule has 0 radical (unpaired) electrons. The van der Waals surface area contributed by atoms with Gasteiger partial charge in [0.1, 0.15) is 17.3 Å². The zero-order chi connectivity index (χ0) is 28.6. The van der Waals surface area contributed by atoms with Crippen LogP contribution in [0.5, 0.6) is 0 Å². The molecule has 1 aliphatic rings. The molecule has 7 nitrogen and oxygen atoms in total. The van der Waals surface area contributed by atoms with E-state index in [1.807, 2.05) is 18.7 Å². The number of piperidine rings is 1. The van der Waals surface area contributed by atoms with E-state index < -0.39 is 11.6 Å². The first-order chi connectivity index (χ1) is 19.2. The first kappa shape index (κ1) is 28.2. The molecule has 1 saturated heterocycles. The Morgan fingerprint density at radius 2 is 1.73 bits per heavy atom. The van der Waals surface area contributed by atoms with Crippen molar-refractivity contribution in [1.29, 1.82) is 0 Å². The molecule has 0 atom stereocenters. The Balaban J connectivity index is 1.60. The lowest BCUT2D eigenvalue weighted by atomic mass is 9.96. The number of hydrogen-bond donors (Lipinski definition) is 2. The van der Waals surface area contributed by atoms with Gasteiger partial charge in [0, 0.05) is 34.8 Å². The maximum absolute atomic E-state index is 15.0. The second-order valence-corrected chi connectivity index (χ2v) is 10.6. The summed E-state index contributed by atoms with van der Waals surface area (Å²) < 4.78 is 36.5. The van der Waals surface area contributed by atoms with Gasteiger partial charge >= 0.3 is 0 Å². The van der Waals surface area contributed by atoms with Crippen molar-refractivity contribution in [2.45, 2.75) is 38.6 Å². The third-order valence-electron chi connectivity index (χ3n) is 7.52. The molecule has 1 fully saturated rings. The van der Waals surface area contributed by atoms with Crippen LogP contribution >= 0.6 is 11.6 Å². The zero-order valence-electron chi connectivity index (χ0n) is 22.2. The Hall–Kier alpha value is -3.37. The monoisotopic (exact) mass is 569 g/mol.